The second-order valence-corrected chi connectivity index (χ2v) is 5.34. The van der Waals surface area contributed by atoms with Crippen molar-refractivity contribution in [2.45, 2.75) is 0 Å². The van der Waals surface area contributed by atoms with Gasteiger partial charge in [-0.1, -0.05) is 42.5 Å². The van der Waals surface area contributed by atoms with Crippen molar-refractivity contribution in [3.8, 4) is 11.5 Å². The molecule has 0 saturated heterocycles. The topological polar surface area (TPSA) is 59.7 Å². The van der Waals surface area contributed by atoms with Gasteiger partial charge in [0.25, 0.3) is 0 Å². The molecule has 0 unspecified atom stereocenters. The smallest absolute Gasteiger partial charge is 0.316 e. The summed E-state index contributed by atoms with van der Waals surface area (Å²) in [5, 5.41) is 4.17. The fraction of sp³-hybridized carbons (Fsp3) is 0. The zero-order valence-corrected chi connectivity index (χ0v) is 13.3. The first-order chi connectivity index (χ1) is 12.4. The molecule has 0 saturated carbocycles. The number of fused-ring (bicyclic) bond motifs is 1. The van der Waals surface area contributed by atoms with Crippen LogP contribution in [-0.2, 0) is 0 Å². The number of para-hydroxylation sites is 3. The number of hydrazone groups is 1. The molecule has 25 heavy (non-hydrogen) atoms. The van der Waals surface area contributed by atoms with Crippen LogP contribution in [-0.4, -0.2) is 11.2 Å². The van der Waals surface area contributed by atoms with Gasteiger partial charge in [-0.2, -0.15) is 10.1 Å². The van der Waals surface area contributed by atoms with Gasteiger partial charge in [0, 0.05) is 0 Å². The fourth-order valence-electron chi connectivity index (χ4n) is 2.37. The van der Waals surface area contributed by atoms with Gasteiger partial charge < -0.3 is 9.15 Å². The molecule has 5 nitrogen and oxygen atoms in total. The van der Waals surface area contributed by atoms with Crippen LogP contribution in [0, 0.1) is 0 Å². The van der Waals surface area contributed by atoms with Gasteiger partial charge in [-0.15, -0.1) is 0 Å². The van der Waals surface area contributed by atoms with E-state index in [2.05, 4.69) is 15.5 Å². The Hall–Kier alpha value is -3.60. The zero-order valence-electron chi connectivity index (χ0n) is 13.3. The lowest BCUT2D eigenvalue weighted by atomic mass is 10.2. The summed E-state index contributed by atoms with van der Waals surface area (Å²) in [6.45, 7) is 0. The molecule has 4 rings (SSSR count). The third-order valence-electron chi connectivity index (χ3n) is 3.50. The summed E-state index contributed by atoms with van der Waals surface area (Å²) in [6, 6.07) is 25.2. The Bertz CT molecular complexity index is 977. The van der Waals surface area contributed by atoms with E-state index in [4.69, 9.17) is 9.15 Å². The first-order valence-electron chi connectivity index (χ1n) is 7.84. The van der Waals surface area contributed by atoms with Crippen molar-refractivity contribution in [1.82, 2.24) is 4.98 Å². The Morgan fingerprint density at radius 2 is 1.68 bits per heavy atom. The summed E-state index contributed by atoms with van der Waals surface area (Å²) in [4.78, 5) is 4.30. The van der Waals surface area contributed by atoms with Gasteiger partial charge in [-0.3, -0.25) is 0 Å². The third-order valence-corrected chi connectivity index (χ3v) is 3.50. The summed E-state index contributed by atoms with van der Waals surface area (Å²) in [5.41, 5.74) is 5.21. The maximum atomic E-state index is 5.81. The molecule has 0 aliphatic rings. The van der Waals surface area contributed by atoms with E-state index >= 15 is 0 Å². The maximum absolute atomic E-state index is 5.81. The number of aromatic nitrogens is 1. The number of anilines is 1. The van der Waals surface area contributed by atoms with Gasteiger partial charge in [-0.25, -0.2) is 5.43 Å². The van der Waals surface area contributed by atoms with Crippen molar-refractivity contribution in [2.24, 2.45) is 5.10 Å². The van der Waals surface area contributed by atoms with Crippen molar-refractivity contribution < 1.29 is 9.15 Å². The minimum atomic E-state index is 0.356. The molecule has 1 aromatic heterocycles. The Balaban J connectivity index is 1.45. The summed E-state index contributed by atoms with van der Waals surface area (Å²) in [7, 11) is 0. The summed E-state index contributed by atoms with van der Waals surface area (Å²) in [6.07, 6.45) is 1.69. The van der Waals surface area contributed by atoms with E-state index in [-0.39, 0.29) is 0 Å². The first-order valence-corrected chi connectivity index (χ1v) is 7.84. The molecule has 4 aromatic rings. The van der Waals surface area contributed by atoms with Crippen molar-refractivity contribution >= 4 is 23.3 Å². The molecule has 1 heterocycles. The predicted octanol–water partition coefficient (Wildman–Crippen LogP) is 5.07. The molecular weight excluding hydrogens is 314 g/mol. The van der Waals surface area contributed by atoms with E-state index in [9.17, 15) is 0 Å². The molecule has 0 amide bonds. The van der Waals surface area contributed by atoms with Crippen LogP contribution in [0.5, 0.6) is 11.5 Å². The molecule has 0 spiro atoms. The van der Waals surface area contributed by atoms with Crippen molar-refractivity contribution in [3.63, 3.8) is 0 Å². The van der Waals surface area contributed by atoms with Gasteiger partial charge in [0.05, 0.1) is 6.21 Å². The second-order valence-electron chi connectivity index (χ2n) is 5.34. The number of hydrogen-bond donors (Lipinski definition) is 1. The molecule has 0 fully saturated rings. The summed E-state index contributed by atoms with van der Waals surface area (Å²) in [5.74, 6) is 1.54. The van der Waals surface area contributed by atoms with Crippen molar-refractivity contribution in [1.29, 1.82) is 0 Å². The van der Waals surface area contributed by atoms with Crippen LogP contribution in [0.1, 0.15) is 5.56 Å². The van der Waals surface area contributed by atoms with Crippen LogP contribution in [0.2, 0.25) is 0 Å². The van der Waals surface area contributed by atoms with E-state index in [0.717, 1.165) is 28.2 Å². The number of nitrogens with zero attached hydrogens (tertiary/aromatic N) is 2. The number of nitrogens with one attached hydrogen (secondary N) is 1. The minimum Gasteiger partial charge on any atom is -0.457 e. The summed E-state index contributed by atoms with van der Waals surface area (Å²) < 4.78 is 11.4. The standard InChI is InChI=1S/C20H15N3O2/c1-2-8-16(9-3-1)24-17-10-6-7-15(13-17)14-21-23-20-22-18-11-4-5-12-19(18)25-20/h1-14H,(H,22,23). The molecule has 0 aliphatic heterocycles. The average molecular weight is 329 g/mol. The van der Waals surface area contributed by atoms with Gasteiger partial charge in [-0.05, 0) is 42.0 Å². The van der Waals surface area contributed by atoms with E-state index in [1.54, 1.807) is 6.21 Å². The molecule has 5 heteroatoms. The zero-order chi connectivity index (χ0) is 16.9. The van der Waals surface area contributed by atoms with E-state index < -0.39 is 0 Å². The van der Waals surface area contributed by atoms with Gasteiger partial charge in [0.1, 0.15) is 17.0 Å². The Kier molecular flexibility index (Phi) is 4.12. The van der Waals surface area contributed by atoms with Crippen LogP contribution in [0.4, 0.5) is 6.01 Å². The quantitative estimate of drug-likeness (QED) is 0.410. The summed E-state index contributed by atoms with van der Waals surface area (Å²) >= 11 is 0. The monoisotopic (exact) mass is 329 g/mol. The number of rotatable bonds is 5. The van der Waals surface area contributed by atoms with Crippen molar-refractivity contribution in [2.75, 3.05) is 5.43 Å². The fourth-order valence-corrected chi connectivity index (χ4v) is 2.37. The molecule has 0 atom stereocenters. The van der Waals surface area contributed by atoms with Gasteiger partial charge in [0.15, 0.2) is 5.58 Å². The van der Waals surface area contributed by atoms with Crippen molar-refractivity contribution in [3.05, 3.63) is 84.4 Å². The second kappa shape index (κ2) is 6.88. The van der Waals surface area contributed by atoms with E-state index in [1.165, 1.54) is 0 Å². The van der Waals surface area contributed by atoms with Crippen LogP contribution in [0.3, 0.4) is 0 Å². The first kappa shape index (κ1) is 15.0. The Morgan fingerprint density at radius 1 is 0.880 bits per heavy atom. The highest BCUT2D eigenvalue weighted by molar-refractivity contribution is 5.81. The molecule has 0 aliphatic carbocycles. The number of benzene rings is 3. The van der Waals surface area contributed by atoms with E-state index in [0.29, 0.717) is 6.01 Å². The molecule has 0 radical (unpaired) electrons. The largest absolute Gasteiger partial charge is 0.457 e. The molecule has 122 valence electrons. The SMILES string of the molecule is C(=NNc1nc2ccccc2o1)c1cccc(Oc2ccccc2)c1. The highest BCUT2D eigenvalue weighted by Crippen LogP contribution is 2.21. The third kappa shape index (κ3) is 3.67. The minimum absolute atomic E-state index is 0.356. The van der Waals surface area contributed by atoms with Crippen LogP contribution in [0.25, 0.3) is 11.1 Å². The number of oxazole rings is 1. The van der Waals surface area contributed by atoms with Gasteiger partial charge >= 0.3 is 6.01 Å². The predicted molar refractivity (Wildman–Crippen MR) is 98.2 cm³/mol. The highest BCUT2D eigenvalue weighted by Gasteiger charge is 2.02. The molecule has 0 bridgehead atoms. The van der Waals surface area contributed by atoms with Gasteiger partial charge in [0.2, 0.25) is 0 Å². The normalized spacial score (nSPS) is 11.0. The average Bonchev–Trinajstić information content (AvgIpc) is 3.06. The Morgan fingerprint density at radius 3 is 2.56 bits per heavy atom. The maximum Gasteiger partial charge on any atom is 0.316 e. The molecule has 3 aromatic carbocycles. The number of ether oxygens (including phenoxy) is 1. The lowest BCUT2D eigenvalue weighted by Gasteiger charge is -2.05. The van der Waals surface area contributed by atoms with Crippen LogP contribution >= 0.6 is 0 Å². The highest BCUT2D eigenvalue weighted by atomic mass is 16.5. The Labute approximate surface area is 144 Å². The molecule has 1 N–H and O–H groups in total. The lowest BCUT2D eigenvalue weighted by molar-refractivity contribution is 0.482. The number of hydrogen-bond acceptors (Lipinski definition) is 5. The van der Waals surface area contributed by atoms with Crippen LogP contribution in [0.15, 0.2) is 88.4 Å². The van der Waals surface area contributed by atoms with Crippen LogP contribution < -0.4 is 10.2 Å². The van der Waals surface area contributed by atoms with E-state index in [1.807, 2.05) is 78.9 Å². The lowest BCUT2D eigenvalue weighted by Crippen LogP contribution is -1.91. The molecular formula is C20H15N3O2.